The number of carbonyl (C=O) groups is 1. The van der Waals surface area contributed by atoms with Crippen LogP contribution in [-0.2, 0) is 14.3 Å². The van der Waals surface area contributed by atoms with Gasteiger partial charge in [-0.25, -0.2) is 4.79 Å². The maximum atomic E-state index is 11.8. The fraction of sp³-hybridized carbons (Fsp3) is 0.909. The summed E-state index contributed by atoms with van der Waals surface area (Å²) in [5.74, 6) is -0.220. The standard InChI is InChI=1S/C11H23NO3/c1-5-8-12-11(6-2,9-14-4)10(13)15-7-3/h12H,5-9H2,1-4H3. The molecule has 0 aliphatic heterocycles. The van der Waals surface area contributed by atoms with Crippen molar-refractivity contribution < 1.29 is 14.3 Å². The molecule has 0 aliphatic rings. The quantitative estimate of drug-likeness (QED) is 0.623. The van der Waals surface area contributed by atoms with Gasteiger partial charge in [0.2, 0.25) is 0 Å². The smallest absolute Gasteiger partial charge is 0.328 e. The van der Waals surface area contributed by atoms with Gasteiger partial charge in [-0.1, -0.05) is 13.8 Å². The van der Waals surface area contributed by atoms with Crippen LogP contribution in [0.25, 0.3) is 0 Å². The second-order valence-electron chi connectivity index (χ2n) is 3.52. The molecule has 0 spiro atoms. The zero-order valence-electron chi connectivity index (χ0n) is 10.3. The van der Waals surface area contributed by atoms with E-state index in [4.69, 9.17) is 9.47 Å². The fourth-order valence-corrected chi connectivity index (χ4v) is 1.43. The molecule has 0 aromatic heterocycles. The highest BCUT2D eigenvalue weighted by molar-refractivity contribution is 5.81. The van der Waals surface area contributed by atoms with Crippen LogP contribution in [0.2, 0.25) is 0 Å². The monoisotopic (exact) mass is 217 g/mol. The largest absolute Gasteiger partial charge is 0.465 e. The number of hydrogen-bond donors (Lipinski definition) is 1. The Labute approximate surface area is 92.3 Å². The van der Waals surface area contributed by atoms with E-state index in [1.165, 1.54) is 0 Å². The van der Waals surface area contributed by atoms with Crippen LogP contribution in [0.5, 0.6) is 0 Å². The first-order valence-corrected chi connectivity index (χ1v) is 5.58. The number of ether oxygens (including phenoxy) is 2. The summed E-state index contributed by atoms with van der Waals surface area (Å²) in [6.07, 6.45) is 1.64. The minimum atomic E-state index is -0.680. The van der Waals surface area contributed by atoms with E-state index in [0.717, 1.165) is 13.0 Å². The third kappa shape index (κ3) is 4.18. The number of nitrogens with one attached hydrogen (secondary N) is 1. The molecule has 90 valence electrons. The zero-order valence-corrected chi connectivity index (χ0v) is 10.3. The highest BCUT2D eigenvalue weighted by Gasteiger charge is 2.37. The third-order valence-corrected chi connectivity index (χ3v) is 2.37. The summed E-state index contributed by atoms with van der Waals surface area (Å²) in [4.78, 5) is 11.8. The van der Waals surface area contributed by atoms with E-state index in [-0.39, 0.29) is 5.97 Å². The van der Waals surface area contributed by atoms with E-state index in [1.807, 2.05) is 13.8 Å². The van der Waals surface area contributed by atoms with Crippen LogP contribution in [0.15, 0.2) is 0 Å². The highest BCUT2D eigenvalue weighted by Crippen LogP contribution is 2.13. The summed E-state index contributed by atoms with van der Waals surface area (Å²) in [6, 6.07) is 0. The third-order valence-electron chi connectivity index (χ3n) is 2.37. The predicted octanol–water partition coefficient (Wildman–Crippen LogP) is 1.34. The van der Waals surface area contributed by atoms with E-state index in [1.54, 1.807) is 7.11 Å². The summed E-state index contributed by atoms with van der Waals surface area (Å²) in [5, 5.41) is 3.22. The summed E-state index contributed by atoms with van der Waals surface area (Å²) in [6.45, 7) is 7.37. The molecular weight excluding hydrogens is 194 g/mol. The van der Waals surface area contributed by atoms with Gasteiger partial charge in [0.15, 0.2) is 0 Å². The normalized spacial score (nSPS) is 14.7. The van der Waals surface area contributed by atoms with Crippen LogP contribution >= 0.6 is 0 Å². The molecule has 0 aromatic carbocycles. The second-order valence-corrected chi connectivity index (χ2v) is 3.52. The molecule has 0 amide bonds. The Balaban J connectivity index is 4.54. The molecule has 0 bridgehead atoms. The lowest BCUT2D eigenvalue weighted by Crippen LogP contribution is -2.56. The van der Waals surface area contributed by atoms with Crippen LogP contribution in [0, 0.1) is 0 Å². The molecule has 0 saturated carbocycles. The summed E-state index contributed by atoms with van der Waals surface area (Å²) < 4.78 is 10.2. The van der Waals surface area contributed by atoms with Crippen molar-refractivity contribution in [2.75, 3.05) is 26.9 Å². The SMILES string of the molecule is CCCNC(CC)(COC)C(=O)OCC. The number of methoxy groups -OCH3 is 1. The molecule has 4 nitrogen and oxygen atoms in total. The van der Waals surface area contributed by atoms with Crippen LogP contribution in [0.3, 0.4) is 0 Å². The van der Waals surface area contributed by atoms with Gasteiger partial charge in [-0.3, -0.25) is 5.32 Å². The van der Waals surface area contributed by atoms with Crippen molar-refractivity contribution in [3.63, 3.8) is 0 Å². The topological polar surface area (TPSA) is 47.6 Å². The van der Waals surface area contributed by atoms with Crippen molar-refractivity contribution in [2.45, 2.75) is 39.2 Å². The summed E-state index contributed by atoms with van der Waals surface area (Å²) in [5.41, 5.74) is -0.680. The Morgan fingerprint density at radius 1 is 1.33 bits per heavy atom. The van der Waals surface area contributed by atoms with Gasteiger partial charge in [-0.05, 0) is 26.3 Å². The number of hydrogen-bond acceptors (Lipinski definition) is 4. The number of carbonyl (C=O) groups excluding carboxylic acids is 1. The van der Waals surface area contributed by atoms with E-state index >= 15 is 0 Å². The van der Waals surface area contributed by atoms with Crippen molar-refractivity contribution in [1.82, 2.24) is 5.32 Å². The van der Waals surface area contributed by atoms with Crippen LogP contribution < -0.4 is 5.32 Å². The first-order chi connectivity index (χ1) is 7.16. The Bertz CT molecular complexity index is 185. The van der Waals surface area contributed by atoms with Crippen LogP contribution in [-0.4, -0.2) is 38.4 Å². The Morgan fingerprint density at radius 3 is 2.40 bits per heavy atom. The summed E-state index contributed by atoms with van der Waals surface area (Å²) in [7, 11) is 1.59. The van der Waals surface area contributed by atoms with Gasteiger partial charge in [0.05, 0.1) is 13.2 Å². The molecule has 15 heavy (non-hydrogen) atoms. The number of rotatable bonds is 8. The molecule has 1 unspecified atom stereocenters. The van der Waals surface area contributed by atoms with Gasteiger partial charge in [-0.2, -0.15) is 0 Å². The number of esters is 1. The molecule has 0 saturated heterocycles. The lowest BCUT2D eigenvalue weighted by atomic mass is 9.97. The molecule has 1 N–H and O–H groups in total. The molecule has 4 heteroatoms. The van der Waals surface area contributed by atoms with E-state index < -0.39 is 5.54 Å². The molecule has 0 fully saturated rings. The lowest BCUT2D eigenvalue weighted by Gasteiger charge is -2.30. The van der Waals surface area contributed by atoms with Crippen molar-refractivity contribution in [1.29, 1.82) is 0 Å². The van der Waals surface area contributed by atoms with Crippen molar-refractivity contribution in [3.8, 4) is 0 Å². The maximum absolute atomic E-state index is 11.8. The van der Waals surface area contributed by atoms with Crippen LogP contribution in [0.4, 0.5) is 0 Å². The van der Waals surface area contributed by atoms with Crippen LogP contribution in [0.1, 0.15) is 33.6 Å². The average Bonchev–Trinajstić information content (AvgIpc) is 2.24. The van der Waals surface area contributed by atoms with Gasteiger partial charge < -0.3 is 9.47 Å². The van der Waals surface area contributed by atoms with Gasteiger partial charge in [0.1, 0.15) is 5.54 Å². The second kappa shape index (κ2) is 7.65. The first kappa shape index (κ1) is 14.4. The van der Waals surface area contributed by atoms with E-state index in [2.05, 4.69) is 12.2 Å². The first-order valence-electron chi connectivity index (χ1n) is 5.58. The molecule has 0 aliphatic carbocycles. The van der Waals surface area contributed by atoms with Crippen molar-refractivity contribution >= 4 is 5.97 Å². The molecule has 0 radical (unpaired) electrons. The van der Waals surface area contributed by atoms with Crippen molar-refractivity contribution in [3.05, 3.63) is 0 Å². The van der Waals surface area contributed by atoms with Crippen molar-refractivity contribution in [2.24, 2.45) is 0 Å². The Morgan fingerprint density at radius 2 is 2.00 bits per heavy atom. The Hall–Kier alpha value is -0.610. The predicted molar refractivity (Wildman–Crippen MR) is 59.8 cm³/mol. The van der Waals surface area contributed by atoms with E-state index in [9.17, 15) is 4.79 Å². The summed E-state index contributed by atoms with van der Waals surface area (Å²) >= 11 is 0. The molecule has 1 atom stereocenters. The van der Waals surface area contributed by atoms with Gasteiger partial charge >= 0.3 is 5.97 Å². The highest BCUT2D eigenvalue weighted by atomic mass is 16.5. The molecule has 0 aromatic rings. The average molecular weight is 217 g/mol. The maximum Gasteiger partial charge on any atom is 0.328 e. The zero-order chi connectivity index (χ0) is 11.7. The minimum Gasteiger partial charge on any atom is -0.465 e. The van der Waals surface area contributed by atoms with Gasteiger partial charge in [-0.15, -0.1) is 0 Å². The lowest BCUT2D eigenvalue weighted by molar-refractivity contribution is -0.154. The fourth-order valence-electron chi connectivity index (χ4n) is 1.43. The molecular formula is C11H23NO3. The van der Waals surface area contributed by atoms with Gasteiger partial charge in [0, 0.05) is 7.11 Å². The Kier molecular flexibility index (Phi) is 7.34. The van der Waals surface area contributed by atoms with Gasteiger partial charge in [0.25, 0.3) is 0 Å². The molecule has 0 rings (SSSR count). The molecule has 0 heterocycles. The minimum absolute atomic E-state index is 0.220. The van der Waals surface area contributed by atoms with E-state index in [0.29, 0.717) is 19.6 Å².